The van der Waals surface area contributed by atoms with Crippen LogP contribution in [0.5, 0.6) is 5.75 Å². The van der Waals surface area contributed by atoms with Crippen molar-refractivity contribution in [3.8, 4) is 5.75 Å². The predicted octanol–water partition coefficient (Wildman–Crippen LogP) is 3.58. The van der Waals surface area contributed by atoms with Crippen molar-refractivity contribution in [2.45, 2.75) is 45.3 Å². The van der Waals surface area contributed by atoms with Gasteiger partial charge < -0.3 is 15.2 Å². The molecule has 0 unspecified atom stereocenters. The number of hydrogen-bond acceptors (Lipinski definition) is 5. The van der Waals surface area contributed by atoms with Crippen LogP contribution in [0.25, 0.3) is 21.9 Å². The number of aryl methyl sites for hydroxylation is 1. The first-order valence-corrected chi connectivity index (χ1v) is 9.44. The Morgan fingerprint density at radius 1 is 1.23 bits per heavy atom. The number of nitrogens with one attached hydrogen (secondary N) is 1. The Morgan fingerprint density at radius 3 is 2.77 bits per heavy atom. The second kappa shape index (κ2) is 7.11. The highest BCUT2D eigenvalue weighted by molar-refractivity contribution is 6.06. The zero-order valence-corrected chi connectivity index (χ0v) is 15.4. The summed E-state index contributed by atoms with van der Waals surface area (Å²) in [7, 11) is 1.68. The van der Waals surface area contributed by atoms with Gasteiger partial charge >= 0.3 is 0 Å². The number of aliphatic hydroxyl groups excluding tert-OH is 1. The summed E-state index contributed by atoms with van der Waals surface area (Å²) in [5.41, 5.74) is 2.93. The SMILES string of the molecule is CCn1ncc2c(NCC3CCC(O)CC3)c3cc(OC)ccc3nc21. The highest BCUT2D eigenvalue weighted by Gasteiger charge is 2.20. The molecular formula is C20H26N4O2. The Balaban J connectivity index is 1.74. The zero-order valence-electron chi connectivity index (χ0n) is 15.4. The van der Waals surface area contributed by atoms with E-state index in [1.807, 2.05) is 29.1 Å². The minimum absolute atomic E-state index is 0.119. The molecule has 138 valence electrons. The number of aliphatic hydroxyl groups is 1. The maximum Gasteiger partial charge on any atom is 0.160 e. The predicted molar refractivity (Wildman–Crippen MR) is 104 cm³/mol. The molecule has 0 aliphatic heterocycles. The van der Waals surface area contributed by atoms with Gasteiger partial charge in [-0.3, -0.25) is 0 Å². The van der Waals surface area contributed by atoms with Crippen molar-refractivity contribution < 1.29 is 9.84 Å². The van der Waals surface area contributed by atoms with Crippen molar-refractivity contribution >= 4 is 27.6 Å². The summed E-state index contributed by atoms with van der Waals surface area (Å²) < 4.78 is 7.35. The van der Waals surface area contributed by atoms with Gasteiger partial charge in [0.05, 0.1) is 36.0 Å². The van der Waals surface area contributed by atoms with Crippen molar-refractivity contribution in [1.29, 1.82) is 0 Å². The van der Waals surface area contributed by atoms with Crippen LogP contribution in [0.3, 0.4) is 0 Å². The topological polar surface area (TPSA) is 72.2 Å². The fraction of sp³-hybridized carbons (Fsp3) is 0.500. The van der Waals surface area contributed by atoms with E-state index in [1.165, 1.54) is 0 Å². The number of ether oxygens (including phenoxy) is 1. The molecule has 1 aliphatic rings. The normalized spacial score (nSPS) is 20.6. The van der Waals surface area contributed by atoms with E-state index >= 15 is 0 Å². The van der Waals surface area contributed by atoms with Crippen LogP contribution in [0.15, 0.2) is 24.4 Å². The van der Waals surface area contributed by atoms with Crippen molar-refractivity contribution in [2.75, 3.05) is 19.0 Å². The Kier molecular flexibility index (Phi) is 4.68. The van der Waals surface area contributed by atoms with Gasteiger partial charge in [-0.15, -0.1) is 0 Å². The molecule has 0 saturated heterocycles. The Morgan fingerprint density at radius 2 is 2.04 bits per heavy atom. The van der Waals surface area contributed by atoms with Gasteiger partial charge in [-0.2, -0.15) is 5.10 Å². The third-order valence-electron chi connectivity index (χ3n) is 5.46. The fourth-order valence-electron chi connectivity index (χ4n) is 3.89. The number of aromatic nitrogens is 3. The molecule has 1 saturated carbocycles. The van der Waals surface area contributed by atoms with Crippen LogP contribution in [0.1, 0.15) is 32.6 Å². The van der Waals surface area contributed by atoms with Crippen LogP contribution in [0.2, 0.25) is 0 Å². The van der Waals surface area contributed by atoms with Crippen LogP contribution < -0.4 is 10.1 Å². The number of anilines is 1. The molecule has 6 heteroatoms. The Bertz CT molecular complexity index is 913. The van der Waals surface area contributed by atoms with Crippen LogP contribution in [0, 0.1) is 5.92 Å². The summed E-state index contributed by atoms with van der Waals surface area (Å²) in [5, 5.41) is 20.0. The molecule has 2 heterocycles. The highest BCUT2D eigenvalue weighted by atomic mass is 16.5. The number of hydrogen-bond donors (Lipinski definition) is 2. The molecule has 0 bridgehead atoms. The molecule has 0 spiro atoms. The average molecular weight is 354 g/mol. The number of nitrogens with zero attached hydrogens (tertiary/aromatic N) is 3. The van der Waals surface area contributed by atoms with Crippen molar-refractivity contribution in [3.05, 3.63) is 24.4 Å². The second-order valence-electron chi connectivity index (χ2n) is 7.12. The van der Waals surface area contributed by atoms with Gasteiger partial charge in [-0.25, -0.2) is 9.67 Å². The minimum atomic E-state index is -0.119. The Hall–Kier alpha value is -2.34. The number of benzene rings is 1. The summed E-state index contributed by atoms with van der Waals surface area (Å²) in [6.45, 7) is 3.76. The zero-order chi connectivity index (χ0) is 18.1. The van der Waals surface area contributed by atoms with Crippen LogP contribution in [-0.2, 0) is 6.54 Å². The first-order valence-electron chi connectivity index (χ1n) is 9.44. The smallest absolute Gasteiger partial charge is 0.160 e. The quantitative estimate of drug-likeness (QED) is 0.733. The largest absolute Gasteiger partial charge is 0.497 e. The van der Waals surface area contributed by atoms with E-state index in [2.05, 4.69) is 17.3 Å². The van der Waals surface area contributed by atoms with Gasteiger partial charge in [0.2, 0.25) is 0 Å². The third kappa shape index (κ3) is 3.09. The van der Waals surface area contributed by atoms with Crippen molar-refractivity contribution in [2.24, 2.45) is 5.92 Å². The van der Waals surface area contributed by atoms with Crippen LogP contribution in [-0.4, -0.2) is 39.6 Å². The first kappa shape index (κ1) is 17.1. The van der Waals surface area contributed by atoms with Crippen LogP contribution in [0.4, 0.5) is 5.69 Å². The average Bonchev–Trinajstić information content (AvgIpc) is 3.08. The van der Waals surface area contributed by atoms with Gasteiger partial charge in [0.25, 0.3) is 0 Å². The molecule has 2 N–H and O–H groups in total. The lowest BCUT2D eigenvalue weighted by atomic mass is 9.87. The molecule has 0 radical (unpaired) electrons. The van der Waals surface area contributed by atoms with E-state index in [9.17, 15) is 5.11 Å². The minimum Gasteiger partial charge on any atom is -0.497 e. The lowest BCUT2D eigenvalue weighted by molar-refractivity contribution is 0.111. The second-order valence-corrected chi connectivity index (χ2v) is 7.12. The number of fused-ring (bicyclic) bond motifs is 2. The van der Waals surface area contributed by atoms with Gasteiger partial charge in [0.1, 0.15) is 5.75 Å². The molecule has 4 rings (SSSR count). The number of rotatable bonds is 5. The highest BCUT2D eigenvalue weighted by Crippen LogP contribution is 2.34. The number of pyridine rings is 1. The molecule has 3 aromatic rings. The first-order chi connectivity index (χ1) is 12.7. The molecule has 1 aromatic carbocycles. The molecule has 1 fully saturated rings. The molecular weight excluding hydrogens is 328 g/mol. The molecule has 1 aliphatic carbocycles. The molecule has 6 nitrogen and oxygen atoms in total. The molecule has 26 heavy (non-hydrogen) atoms. The summed E-state index contributed by atoms with van der Waals surface area (Å²) in [6.07, 6.45) is 5.72. The molecule has 0 amide bonds. The van der Waals surface area contributed by atoms with Crippen LogP contribution >= 0.6 is 0 Å². The van der Waals surface area contributed by atoms with Gasteiger partial charge in [0.15, 0.2) is 5.65 Å². The van der Waals surface area contributed by atoms with E-state index in [4.69, 9.17) is 9.72 Å². The van der Waals surface area contributed by atoms with Crippen molar-refractivity contribution in [1.82, 2.24) is 14.8 Å². The van der Waals surface area contributed by atoms with Gasteiger partial charge in [0, 0.05) is 18.5 Å². The van der Waals surface area contributed by atoms with Crippen molar-refractivity contribution in [3.63, 3.8) is 0 Å². The maximum atomic E-state index is 9.73. The van der Waals surface area contributed by atoms with Gasteiger partial charge in [-0.05, 0) is 56.7 Å². The van der Waals surface area contributed by atoms with E-state index in [1.54, 1.807) is 7.11 Å². The van der Waals surface area contributed by atoms with E-state index < -0.39 is 0 Å². The fourth-order valence-corrected chi connectivity index (χ4v) is 3.89. The lowest BCUT2D eigenvalue weighted by Gasteiger charge is -2.26. The summed E-state index contributed by atoms with van der Waals surface area (Å²) in [5.74, 6) is 1.41. The van der Waals surface area contributed by atoms with E-state index in [-0.39, 0.29) is 6.10 Å². The van der Waals surface area contributed by atoms with E-state index in [0.717, 1.165) is 72.1 Å². The summed E-state index contributed by atoms with van der Waals surface area (Å²) in [6, 6.07) is 5.99. The summed E-state index contributed by atoms with van der Waals surface area (Å²) in [4.78, 5) is 4.82. The number of methoxy groups -OCH3 is 1. The van der Waals surface area contributed by atoms with E-state index in [0.29, 0.717) is 5.92 Å². The molecule has 2 aromatic heterocycles. The maximum absolute atomic E-state index is 9.73. The lowest BCUT2D eigenvalue weighted by Crippen LogP contribution is -2.23. The monoisotopic (exact) mass is 354 g/mol. The Labute approximate surface area is 153 Å². The van der Waals surface area contributed by atoms with Gasteiger partial charge in [-0.1, -0.05) is 0 Å². The molecule has 0 atom stereocenters. The summed E-state index contributed by atoms with van der Waals surface area (Å²) >= 11 is 0. The standard InChI is InChI=1S/C20H26N4O2/c1-3-24-20-17(12-22-24)19(21-11-13-4-6-14(25)7-5-13)16-10-15(26-2)8-9-18(16)23-20/h8-10,12-14,25H,3-7,11H2,1-2H3,(H,21,23). The third-order valence-corrected chi connectivity index (χ3v) is 5.46.